The summed E-state index contributed by atoms with van der Waals surface area (Å²) in [5.41, 5.74) is 2.35. The predicted molar refractivity (Wildman–Crippen MR) is 159 cm³/mol. The number of ether oxygens (including phenoxy) is 1. The molecule has 0 aliphatic carbocycles. The molecule has 0 saturated heterocycles. The predicted octanol–water partition coefficient (Wildman–Crippen LogP) is 7.27. The highest BCUT2D eigenvalue weighted by atomic mass is 32.3. The van der Waals surface area contributed by atoms with Crippen molar-refractivity contribution in [3.8, 4) is 5.75 Å². The molecule has 3 aromatic carbocycles. The molecule has 5 rings (SSSR count). The zero-order valence-electron chi connectivity index (χ0n) is 22.8. The van der Waals surface area contributed by atoms with Crippen molar-refractivity contribution in [1.29, 1.82) is 0 Å². The van der Waals surface area contributed by atoms with Crippen LogP contribution in [-0.4, -0.2) is 42.3 Å². The molecule has 1 atom stereocenters. The first-order chi connectivity index (χ1) is 19.3. The maximum atomic E-state index is 14.0. The molecule has 40 heavy (non-hydrogen) atoms. The molecule has 1 unspecified atom stereocenters. The van der Waals surface area contributed by atoms with Crippen molar-refractivity contribution in [2.45, 2.75) is 66.9 Å². The molecule has 0 fully saturated rings. The van der Waals surface area contributed by atoms with Gasteiger partial charge in [-0.2, -0.15) is 10.6 Å². The summed E-state index contributed by atoms with van der Waals surface area (Å²) in [5, 5.41) is -1.24. The van der Waals surface area contributed by atoms with Gasteiger partial charge in [-0.25, -0.2) is 8.42 Å². The molecule has 7 nitrogen and oxygen atoms in total. The maximum Gasteiger partial charge on any atom is 0.262 e. The summed E-state index contributed by atoms with van der Waals surface area (Å²) in [7, 11) is -7.41. The van der Waals surface area contributed by atoms with Crippen LogP contribution in [-0.2, 0) is 16.3 Å². The van der Waals surface area contributed by atoms with Crippen LogP contribution in [0, 0.1) is 0 Å². The number of amides is 1. The van der Waals surface area contributed by atoms with Gasteiger partial charge in [0.25, 0.3) is 5.91 Å². The van der Waals surface area contributed by atoms with E-state index in [0.29, 0.717) is 13.2 Å². The van der Waals surface area contributed by atoms with Crippen molar-refractivity contribution in [2.75, 3.05) is 23.8 Å². The molecule has 0 saturated carbocycles. The van der Waals surface area contributed by atoms with E-state index in [1.54, 1.807) is 29.2 Å². The van der Waals surface area contributed by atoms with Crippen molar-refractivity contribution < 1.29 is 27.1 Å². The van der Waals surface area contributed by atoms with E-state index in [9.17, 15) is 22.3 Å². The molecule has 2 N–H and O–H groups in total. The number of fused-ring (bicyclic) bond motifs is 2. The van der Waals surface area contributed by atoms with Crippen LogP contribution in [0.25, 0.3) is 0 Å². The molecule has 2 heterocycles. The Kier molecular flexibility index (Phi) is 8.56. The van der Waals surface area contributed by atoms with E-state index >= 15 is 0 Å². The summed E-state index contributed by atoms with van der Waals surface area (Å²) in [6, 6.07) is 18.8. The highest BCUT2D eigenvalue weighted by Crippen LogP contribution is 2.64. The molecule has 214 valence electrons. The van der Waals surface area contributed by atoms with Crippen LogP contribution < -0.4 is 9.64 Å². The fourth-order valence-electron chi connectivity index (χ4n) is 5.65. The SMILES string of the molecule is CCCCCCCCOc1c(C(=O)N2CCc3ccccc32)ccc2c1C(S(=O)(=O)c1ccccc1)CS2(O)O. The third-order valence-corrected chi connectivity index (χ3v) is 11.9. The molecule has 2 aliphatic heterocycles. The number of rotatable bonds is 11. The summed E-state index contributed by atoms with van der Waals surface area (Å²) in [6.07, 6.45) is 6.99. The van der Waals surface area contributed by atoms with Gasteiger partial charge in [-0.15, -0.1) is 0 Å². The van der Waals surface area contributed by atoms with Crippen molar-refractivity contribution in [3.63, 3.8) is 0 Å². The van der Waals surface area contributed by atoms with E-state index in [1.165, 1.54) is 24.6 Å². The Morgan fingerprint density at radius 2 is 1.65 bits per heavy atom. The quantitative estimate of drug-likeness (QED) is 0.230. The van der Waals surface area contributed by atoms with Gasteiger partial charge in [0, 0.05) is 17.8 Å². The van der Waals surface area contributed by atoms with Gasteiger partial charge in [0.2, 0.25) is 0 Å². The van der Waals surface area contributed by atoms with E-state index in [1.807, 2.05) is 24.3 Å². The van der Waals surface area contributed by atoms with E-state index < -0.39 is 25.7 Å². The lowest BCUT2D eigenvalue weighted by molar-refractivity contribution is 0.0985. The number of carbonyl (C=O) groups is 1. The lowest BCUT2D eigenvalue weighted by Crippen LogP contribution is -2.30. The second-order valence-corrected chi connectivity index (χ2v) is 14.7. The first-order valence-electron chi connectivity index (χ1n) is 14.0. The minimum absolute atomic E-state index is 0.0927. The van der Waals surface area contributed by atoms with Crippen LogP contribution in [0.5, 0.6) is 5.75 Å². The normalized spacial score (nSPS) is 18.3. The fourth-order valence-corrected chi connectivity index (χ4v) is 10.1. The smallest absolute Gasteiger partial charge is 0.262 e. The standard InChI is InChI=1S/C31H37NO6S2/c1-2-3-4-5-6-12-21-38-30-25(31(33)32-20-19-23-13-10-11-16-26(23)32)17-18-27-29(30)28(22-39(27,34)35)40(36,37)24-14-8-7-9-15-24/h7-11,13-18,28,34-35H,2-6,12,19-22H2,1H3. The van der Waals surface area contributed by atoms with E-state index in [2.05, 4.69) is 6.92 Å². The summed E-state index contributed by atoms with van der Waals surface area (Å²) in [6.45, 7) is 2.98. The van der Waals surface area contributed by atoms with Gasteiger partial charge in [-0.1, -0.05) is 75.4 Å². The lowest BCUT2D eigenvalue weighted by atomic mass is 10.0. The van der Waals surface area contributed by atoms with E-state index in [-0.39, 0.29) is 38.3 Å². The van der Waals surface area contributed by atoms with Gasteiger partial charge in [0.1, 0.15) is 11.0 Å². The number of unbranched alkanes of at least 4 members (excludes halogenated alkanes) is 5. The Morgan fingerprint density at radius 1 is 0.950 bits per heavy atom. The Bertz CT molecular complexity index is 1470. The first kappa shape index (κ1) is 28.7. The fraction of sp³-hybridized carbons (Fsp3) is 0.387. The summed E-state index contributed by atoms with van der Waals surface area (Å²) < 4.78 is 56.1. The number of hydrogen-bond acceptors (Lipinski definition) is 6. The minimum atomic E-state index is -4.01. The zero-order chi connectivity index (χ0) is 28.3. The van der Waals surface area contributed by atoms with Crippen molar-refractivity contribution in [2.24, 2.45) is 0 Å². The van der Waals surface area contributed by atoms with Crippen LogP contribution in [0.2, 0.25) is 0 Å². The van der Waals surface area contributed by atoms with Crippen molar-refractivity contribution in [1.82, 2.24) is 0 Å². The molecule has 0 aromatic heterocycles. The topological polar surface area (TPSA) is 104 Å². The molecular weight excluding hydrogens is 546 g/mol. The molecular formula is C31H37NO6S2. The number of para-hydroxylation sites is 1. The van der Waals surface area contributed by atoms with Crippen LogP contribution in [0.4, 0.5) is 5.69 Å². The van der Waals surface area contributed by atoms with Crippen LogP contribution in [0.3, 0.4) is 0 Å². The Balaban J connectivity index is 1.55. The summed E-state index contributed by atoms with van der Waals surface area (Å²) in [4.78, 5) is 15.9. The van der Waals surface area contributed by atoms with Crippen molar-refractivity contribution in [3.05, 3.63) is 83.4 Å². The Hall–Kier alpha value is -2.85. The van der Waals surface area contributed by atoms with Crippen molar-refractivity contribution >= 4 is 32.0 Å². The van der Waals surface area contributed by atoms with Gasteiger partial charge in [0.15, 0.2) is 9.84 Å². The highest BCUT2D eigenvalue weighted by Gasteiger charge is 2.46. The number of carbonyl (C=O) groups excluding carboxylic acids is 1. The zero-order valence-corrected chi connectivity index (χ0v) is 24.4. The third kappa shape index (κ3) is 5.52. The number of hydrogen-bond donors (Lipinski definition) is 2. The summed E-state index contributed by atoms with van der Waals surface area (Å²) in [5.74, 6) is -0.496. The minimum Gasteiger partial charge on any atom is -0.492 e. The van der Waals surface area contributed by atoms with Gasteiger partial charge in [-0.05, 0) is 48.7 Å². The number of nitrogens with zero attached hydrogens (tertiary/aromatic N) is 1. The second-order valence-electron chi connectivity index (χ2n) is 10.5. The summed E-state index contributed by atoms with van der Waals surface area (Å²) >= 11 is 0. The first-order valence-corrected chi connectivity index (χ1v) is 17.3. The molecule has 1 amide bonds. The maximum absolute atomic E-state index is 14.0. The number of benzene rings is 3. The molecule has 2 aliphatic rings. The Morgan fingerprint density at radius 3 is 2.42 bits per heavy atom. The molecule has 0 bridgehead atoms. The molecule has 3 aromatic rings. The van der Waals surface area contributed by atoms with Gasteiger partial charge >= 0.3 is 0 Å². The molecule has 9 heteroatoms. The van der Waals surface area contributed by atoms with Gasteiger partial charge < -0.3 is 9.64 Å². The van der Waals surface area contributed by atoms with Crippen LogP contribution in [0.15, 0.2) is 76.5 Å². The molecule has 0 radical (unpaired) electrons. The Labute approximate surface area is 238 Å². The number of sulfone groups is 1. The lowest BCUT2D eigenvalue weighted by Gasteiger charge is -2.28. The van der Waals surface area contributed by atoms with Crippen LogP contribution >= 0.6 is 10.6 Å². The van der Waals surface area contributed by atoms with Gasteiger partial charge in [0.05, 0.1) is 27.7 Å². The monoisotopic (exact) mass is 583 g/mol. The second kappa shape index (κ2) is 11.9. The molecule has 0 spiro atoms. The van der Waals surface area contributed by atoms with E-state index in [0.717, 1.165) is 49.8 Å². The average Bonchev–Trinajstić information content (AvgIpc) is 3.51. The van der Waals surface area contributed by atoms with Crippen LogP contribution in [0.1, 0.15) is 72.2 Å². The average molecular weight is 584 g/mol. The number of anilines is 1. The van der Waals surface area contributed by atoms with E-state index in [4.69, 9.17) is 4.74 Å². The third-order valence-electron chi connectivity index (χ3n) is 7.77. The highest BCUT2D eigenvalue weighted by molar-refractivity contribution is 8.25. The van der Waals surface area contributed by atoms with Gasteiger partial charge in [-0.3, -0.25) is 13.9 Å². The largest absolute Gasteiger partial charge is 0.492 e.